The Balaban J connectivity index is 1.45. The van der Waals surface area contributed by atoms with E-state index in [1.54, 1.807) is 0 Å². The largest absolute Gasteiger partial charge is 0.325 e. The quantitative estimate of drug-likeness (QED) is 0.286. The zero-order chi connectivity index (χ0) is 23.2. The van der Waals surface area contributed by atoms with Crippen LogP contribution in [0.4, 0.5) is 5.69 Å². The van der Waals surface area contributed by atoms with Gasteiger partial charge in [-0.15, -0.1) is 0 Å². The van der Waals surface area contributed by atoms with Crippen LogP contribution in [0, 0.1) is 0 Å². The monoisotopic (exact) mass is 449 g/mol. The molecule has 0 radical (unpaired) electrons. The number of benzene rings is 5. The maximum Gasteiger partial charge on any atom is 0.208 e. The summed E-state index contributed by atoms with van der Waals surface area (Å²) in [6.07, 6.45) is 0. The molecule has 5 aromatic carbocycles. The fraction of sp³-hybridized carbons (Fsp3) is 0.0312. The van der Waals surface area contributed by atoms with Crippen molar-refractivity contribution < 1.29 is 0 Å². The first-order valence-corrected chi connectivity index (χ1v) is 11.9. The van der Waals surface area contributed by atoms with E-state index in [1.165, 1.54) is 33.0 Å². The Morgan fingerprint density at radius 1 is 0.571 bits per heavy atom. The van der Waals surface area contributed by atoms with E-state index in [-0.39, 0.29) is 6.04 Å². The topological polar surface area (TPSA) is 29.3 Å². The fourth-order valence-electron chi connectivity index (χ4n) is 5.23. The minimum atomic E-state index is -0.106. The van der Waals surface area contributed by atoms with Crippen molar-refractivity contribution in [3.05, 3.63) is 139 Å². The number of rotatable bonds is 2. The maximum atomic E-state index is 5.34. The third-order valence-corrected chi connectivity index (χ3v) is 6.85. The summed E-state index contributed by atoms with van der Waals surface area (Å²) >= 11 is 0. The average Bonchev–Trinajstić information content (AvgIpc) is 3.27. The third kappa shape index (κ3) is 3.24. The summed E-state index contributed by atoms with van der Waals surface area (Å²) in [7, 11) is 0. The van der Waals surface area contributed by atoms with Crippen LogP contribution in [0.15, 0.2) is 132 Å². The van der Waals surface area contributed by atoms with E-state index in [4.69, 9.17) is 4.99 Å². The minimum Gasteiger partial charge on any atom is -0.325 e. The predicted octanol–water partition coefficient (Wildman–Crippen LogP) is 7.88. The van der Waals surface area contributed by atoms with Crippen molar-refractivity contribution in [2.45, 2.75) is 6.04 Å². The van der Waals surface area contributed by atoms with E-state index in [9.17, 15) is 0 Å². The van der Waals surface area contributed by atoms with Crippen molar-refractivity contribution in [3.8, 4) is 11.1 Å². The second-order valence-electron chi connectivity index (χ2n) is 8.93. The predicted molar refractivity (Wildman–Crippen MR) is 146 cm³/mol. The molecule has 1 atom stereocenters. The van der Waals surface area contributed by atoms with Crippen LogP contribution >= 0.6 is 0 Å². The standard InChI is InChI=1S/C32H23N3/c1-2-11-22(12-3-1)23-13-10-14-24(21-23)31-27-17-4-7-18-28(27)33-32(34-31)35-29-19-8-5-15-25(29)26-16-6-9-20-30(26)35/h1-21,31H,(H,33,34). The highest BCUT2D eigenvalue weighted by Gasteiger charge is 2.25. The number of hydrogen-bond acceptors (Lipinski definition) is 2. The molecule has 3 nitrogen and oxygen atoms in total. The Hall–Kier alpha value is -4.63. The molecular weight excluding hydrogens is 426 g/mol. The molecule has 0 saturated carbocycles. The van der Waals surface area contributed by atoms with E-state index in [0.717, 1.165) is 22.7 Å². The van der Waals surface area contributed by atoms with Gasteiger partial charge in [-0.05, 0) is 41.0 Å². The number of hydrogen-bond donors (Lipinski definition) is 1. The first kappa shape index (κ1) is 19.8. The number of nitrogens with zero attached hydrogens (tertiary/aromatic N) is 2. The summed E-state index contributed by atoms with van der Waals surface area (Å²) in [6, 6.07) is 44.8. The first-order valence-electron chi connectivity index (χ1n) is 11.9. The van der Waals surface area contributed by atoms with E-state index in [0.29, 0.717) is 0 Å². The molecule has 7 rings (SSSR count). The highest BCUT2D eigenvalue weighted by Crippen LogP contribution is 2.38. The Bertz CT molecular complexity index is 1670. The molecule has 2 heterocycles. The normalized spacial score (nSPS) is 15.0. The Morgan fingerprint density at radius 2 is 1.20 bits per heavy atom. The molecule has 0 saturated heterocycles. The Labute approximate surface area is 204 Å². The summed E-state index contributed by atoms with van der Waals surface area (Å²) in [4.78, 5) is 5.34. The lowest BCUT2D eigenvalue weighted by Crippen LogP contribution is -2.27. The summed E-state index contributed by atoms with van der Waals surface area (Å²) in [5.41, 5.74) is 8.17. The number of anilines is 1. The SMILES string of the molecule is c1ccc(-c2cccc(C3N=C(n4c5ccccc5c5ccccc54)Nc4ccccc43)c2)cc1. The molecule has 1 unspecified atom stereocenters. The second-order valence-corrected chi connectivity index (χ2v) is 8.93. The average molecular weight is 450 g/mol. The van der Waals surface area contributed by atoms with Gasteiger partial charge in [0.15, 0.2) is 0 Å². The van der Waals surface area contributed by atoms with Crippen LogP contribution in [0.3, 0.4) is 0 Å². The molecule has 1 aromatic heterocycles. The fourth-order valence-corrected chi connectivity index (χ4v) is 5.23. The molecule has 3 heteroatoms. The van der Waals surface area contributed by atoms with E-state index >= 15 is 0 Å². The Morgan fingerprint density at radius 3 is 1.97 bits per heavy atom. The van der Waals surface area contributed by atoms with Crippen LogP contribution in [0.2, 0.25) is 0 Å². The molecule has 166 valence electrons. The van der Waals surface area contributed by atoms with E-state index in [2.05, 4.69) is 137 Å². The van der Waals surface area contributed by atoms with Gasteiger partial charge in [-0.25, -0.2) is 4.99 Å². The van der Waals surface area contributed by atoms with Gasteiger partial charge in [0.05, 0.1) is 11.0 Å². The van der Waals surface area contributed by atoms with Gasteiger partial charge in [-0.3, -0.25) is 4.57 Å². The molecule has 0 aliphatic carbocycles. The van der Waals surface area contributed by atoms with Gasteiger partial charge in [0.1, 0.15) is 6.04 Å². The third-order valence-electron chi connectivity index (χ3n) is 6.85. The molecule has 0 fully saturated rings. The highest BCUT2D eigenvalue weighted by atomic mass is 15.2. The molecule has 1 N–H and O–H groups in total. The number of aromatic nitrogens is 1. The number of fused-ring (bicyclic) bond motifs is 4. The lowest BCUT2D eigenvalue weighted by molar-refractivity contribution is 0.852. The maximum absolute atomic E-state index is 5.34. The summed E-state index contributed by atoms with van der Waals surface area (Å²) < 4.78 is 2.26. The first-order chi connectivity index (χ1) is 17.4. The van der Waals surface area contributed by atoms with Gasteiger partial charge in [0.25, 0.3) is 0 Å². The van der Waals surface area contributed by atoms with Gasteiger partial charge in [0, 0.05) is 22.0 Å². The smallest absolute Gasteiger partial charge is 0.208 e. The van der Waals surface area contributed by atoms with Gasteiger partial charge in [0.2, 0.25) is 5.96 Å². The molecule has 6 aromatic rings. The van der Waals surface area contributed by atoms with Crippen molar-refractivity contribution in [1.82, 2.24) is 4.57 Å². The van der Waals surface area contributed by atoms with E-state index in [1.807, 2.05) is 0 Å². The molecule has 0 amide bonds. The van der Waals surface area contributed by atoms with Crippen LogP contribution in [0.5, 0.6) is 0 Å². The van der Waals surface area contributed by atoms with Gasteiger partial charge < -0.3 is 5.32 Å². The van der Waals surface area contributed by atoms with Crippen LogP contribution in [0.25, 0.3) is 32.9 Å². The second kappa shape index (κ2) is 8.00. The minimum absolute atomic E-state index is 0.106. The van der Waals surface area contributed by atoms with Gasteiger partial charge in [-0.1, -0.05) is 103 Å². The van der Waals surface area contributed by atoms with E-state index < -0.39 is 0 Å². The molecule has 1 aliphatic heterocycles. The van der Waals surface area contributed by atoms with Crippen LogP contribution < -0.4 is 5.32 Å². The number of nitrogens with one attached hydrogen (secondary N) is 1. The lowest BCUT2D eigenvalue weighted by Gasteiger charge is -2.27. The molecule has 1 aliphatic rings. The molecule has 0 bridgehead atoms. The van der Waals surface area contributed by atoms with Crippen molar-refractivity contribution in [2.75, 3.05) is 5.32 Å². The molecule has 0 spiro atoms. The number of aliphatic imine (C=N–C) groups is 1. The summed E-state index contributed by atoms with van der Waals surface area (Å²) in [5.74, 6) is 0.844. The molecular formula is C32H23N3. The van der Waals surface area contributed by atoms with Crippen LogP contribution in [0.1, 0.15) is 17.2 Å². The van der Waals surface area contributed by atoms with Gasteiger partial charge >= 0.3 is 0 Å². The lowest BCUT2D eigenvalue weighted by atomic mass is 9.93. The molecule has 35 heavy (non-hydrogen) atoms. The van der Waals surface area contributed by atoms with Crippen LogP contribution in [-0.4, -0.2) is 10.5 Å². The highest BCUT2D eigenvalue weighted by molar-refractivity contribution is 6.16. The van der Waals surface area contributed by atoms with Crippen LogP contribution in [-0.2, 0) is 0 Å². The van der Waals surface area contributed by atoms with Crippen molar-refractivity contribution in [3.63, 3.8) is 0 Å². The van der Waals surface area contributed by atoms with Crippen molar-refractivity contribution in [2.24, 2.45) is 4.99 Å². The number of para-hydroxylation sites is 3. The Kier molecular flexibility index (Phi) is 4.52. The van der Waals surface area contributed by atoms with Crippen molar-refractivity contribution >= 4 is 33.5 Å². The van der Waals surface area contributed by atoms with Crippen molar-refractivity contribution in [1.29, 1.82) is 0 Å². The summed E-state index contributed by atoms with van der Waals surface area (Å²) in [5, 5.41) is 6.10. The zero-order valence-electron chi connectivity index (χ0n) is 19.1. The zero-order valence-corrected chi connectivity index (χ0v) is 19.1. The van der Waals surface area contributed by atoms with Gasteiger partial charge in [-0.2, -0.15) is 0 Å². The summed E-state index contributed by atoms with van der Waals surface area (Å²) in [6.45, 7) is 0.